The summed E-state index contributed by atoms with van der Waals surface area (Å²) >= 11 is 0. The van der Waals surface area contributed by atoms with E-state index >= 15 is 0 Å². The summed E-state index contributed by atoms with van der Waals surface area (Å²) in [5.74, 6) is -1.30. The first-order chi connectivity index (χ1) is 9.15. The van der Waals surface area contributed by atoms with Crippen molar-refractivity contribution in [3.63, 3.8) is 0 Å². The fourth-order valence-corrected chi connectivity index (χ4v) is 1.45. The van der Waals surface area contributed by atoms with E-state index in [9.17, 15) is 22.8 Å². The van der Waals surface area contributed by atoms with Crippen molar-refractivity contribution in [2.75, 3.05) is 19.5 Å². The van der Waals surface area contributed by atoms with Gasteiger partial charge in [0.25, 0.3) is 5.91 Å². The van der Waals surface area contributed by atoms with Gasteiger partial charge >= 0.3 is 6.18 Å². The highest BCUT2D eigenvalue weighted by Gasteiger charge is 2.32. The van der Waals surface area contributed by atoms with Crippen LogP contribution in [0, 0.1) is 0 Å². The Morgan fingerprint density at radius 1 is 1.25 bits per heavy atom. The van der Waals surface area contributed by atoms with Crippen LogP contribution in [0.15, 0.2) is 18.2 Å². The highest BCUT2D eigenvalue weighted by molar-refractivity contribution is 5.96. The maximum absolute atomic E-state index is 12.8. The van der Waals surface area contributed by atoms with Crippen molar-refractivity contribution in [2.45, 2.75) is 13.1 Å². The molecule has 0 atom stereocenters. The van der Waals surface area contributed by atoms with Gasteiger partial charge in [-0.25, -0.2) is 5.06 Å². The van der Waals surface area contributed by atoms with E-state index in [-0.39, 0.29) is 11.3 Å². The van der Waals surface area contributed by atoms with Crippen molar-refractivity contribution in [3.8, 4) is 0 Å². The van der Waals surface area contributed by atoms with Crippen molar-refractivity contribution in [1.82, 2.24) is 5.06 Å². The summed E-state index contributed by atoms with van der Waals surface area (Å²) in [5.41, 5.74) is -1.38. The predicted octanol–water partition coefficient (Wildman–Crippen LogP) is 2.30. The van der Waals surface area contributed by atoms with Crippen molar-refractivity contribution in [1.29, 1.82) is 0 Å². The minimum Gasteiger partial charge on any atom is -0.326 e. The SMILES string of the molecule is CON(C)C(=O)c1cc(NC(C)=O)cc(C(F)(F)F)c1. The molecule has 20 heavy (non-hydrogen) atoms. The van der Waals surface area contributed by atoms with Gasteiger partial charge in [0.2, 0.25) is 5.91 Å². The van der Waals surface area contributed by atoms with Crippen LogP contribution in [0.2, 0.25) is 0 Å². The highest BCUT2D eigenvalue weighted by atomic mass is 19.4. The van der Waals surface area contributed by atoms with Gasteiger partial charge in [-0.1, -0.05) is 0 Å². The van der Waals surface area contributed by atoms with E-state index in [0.29, 0.717) is 6.07 Å². The minimum atomic E-state index is -4.63. The normalized spacial score (nSPS) is 11.1. The van der Waals surface area contributed by atoms with Crippen LogP contribution < -0.4 is 5.32 Å². The molecule has 0 saturated carbocycles. The molecule has 0 aliphatic rings. The maximum atomic E-state index is 12.8. The molecule has 110 valence electrons. The lowest BCUT2D eigenvalue weighted by Gasteiger charge is -2.16. The Labute approximate surface area is 113 Å². The number of amides is 2. The van der Waals surface area contributed by atoms with Crippen LogP contribution in [0.4, 0.5) is 18.9 Å². The number of anilines is 1. The molecule has 0 radical (unpaired) electrons. The number of hydrogen-bond donors (Lipinski definition) is 1. The van der Waals surface area contributed by atoms with E-state index < -0.39 is 23.6 Å². The molecule has 5 nitrogen and oxygen atoms in total. The summed E-state index contributed by atoms with van der Waals surface area (Å²) in [6.45, 7) is 1.16. The summed E-state index contributed by atoms with van der Waals surface area (Å²) in [6, 6.07) is 2.60. The molecule has 0 aliphatic carbocycles. The third-order valence-electron chi connectivity index (χ3n) is 2.39. The van der Waals surface area contributed by atoms with E-state index in [1.165, 1.54) is 14.2 Å². The van der Waals surface area contributed by atoms with Gasteiger partial charge in [-0.3, -0.25) is 14.4 Å². The zero-order chi connectivity index (χ0) is 15.5. The van der Waals surface area contributed by atoms with E-state index in [4.69, 9.17) is 0 Å². The fourth-order valence-electron chi connectivity index (χ4n) is 1.45. The Bertz CT molecular complexity index is 529. The van der Waals surface area contributed by atoms with Crippen molar-refractivity contribution in [2.24, 2.45) is 0 Å². The highest BCUT2D eigenvalue weighted by Crippen LogP contribution is 2.32. The molecule has 0 unspecified atom stereocenters. The Morgan fingerprint density at radius 2 is 1.85 bits per heavy atom. The first-order valence-corrected chi connectivity index (χ1v) is 5.47. The summed E-state index contributed by atoms with van der Waals surface area (Å²) < 4.78 is 38.3. The molecule has 2 amide bonds. The molecule has 0 spiro atoms. The average Bonchev–Trinajstić information content (AvgIpc) is 2.34. The van der Waals surface area contributed by atoms with Crippen LogP contribution in [-0.2, 0) is 15.8 Å². The first kappa shape index (κ1) is 16.0. The van der Waals surface area contributed by atoms with Gasteiger partial charge in [-0.15, -0.1) is 0 Å². The van der Waals surface area contributed by atoms with Crippen LogP contribution in [0.1, 0.15) is 22.8 Å². The van der Waals surface area contributed by atoms with Crippen LogP contribution >= 0.6 is 0 Å². The number of carbonyl (C=O) groups excluding carboxylic acids is 2. The summed E-state index contributed by atoms with van der Waals surface area (Å²) in [4.78, 5) is 27.4. The third kappa shape index (κ3) is 3.95. The largest absolute Gasteiger partial charge is 0.416 e. The molecule has 1 aromatic rings. The van der Waals surface area contributed by atoms with Gasteiger partial charge in [-0.2, -0.15) is 13.2 Å². The Kier molecular flexibility index (Phi) is 4.72. The molecular formula is C12H13F3N2O3. The van der Waals surface area contributed by atoms with Crippen LogP contribution in [-0.4, -0.2) is 31.0 Å². The van der Waals surface area contributed by atoms with Crippen LogP contribution in [0.3, 0.4) is 0 Å². The zero-order valence-electron chi connectivity index (χ0n) is 11.0. The minimum absolute atomic E-state index is 0.111. The zero-order valence-corrected chi connectivity index (χ0v) is 11.0. The first-order valence-electron chi connectivity index (χ1n) is 5.47. The molecule has 1 aromatic carbocycles. The molecule has 8 heteroatoms. The quantitative estimate of drug-likeness (QED) is 0.869. The van der Waals surface area contributed by atoms with Crippen molar-refractivity contribution in [3.05, 3.63) is 29.3 Å². The second kappa shape index (κ2) is 5.91. The lowest BCUT2D eigenvalue weighted by molar-refractivity contribution is -0.137. The predicted molar refractivity (Wildman–Crippen MR) is 64.9 cm³/mol. The van der Waals surface area contributed by atoms with Gasteiger partial charge in [0, 0.05) is 25.2 Å². The fraction of sp³-hybridized carbons (Fsp3) is 0.333. The third-order valence-corrected chi connectivity index (χ3v) is 2.39. The van der Waals surface area contributed by atoms with E-state index in [2.05, 4.69) is 10.2 Å². The van der Waals surface area contributed by atoms with E-state index in [1.54, 1.807) is 0 Å². The molecule has 1 N–H and O–H groups in total. The van der Waals surface area contributed by atoms with Gasteiger partial charge in [0.15, 0.2) is 0 Å². The molecule has 0 fully saturated rings. The Morgan fingerprint density at radius 3 is 2.30 bits per heavy atom. The number of nitrogens with one attached hydrogen (secondary N) is 1. The summed E-state index contributed by atoms with van der Waals surface area (Å²) in [5, 5.41) is 3.00. The summed E-state index contributed by atoms with van der Waals surface area (Å²) in [7, 11) is 2.47. The van der Waals surface area contributed by atoms with Crippen molar-refractivity contribution >= 4 is 17.5 Å². The lowest BCUT2D eigenvalue weighted by atomic mass is 10.1. The number of benzene rings is 1. The number of nitrogens with zero attached hydrogens (tertiary/aromatic N) is 1. The van der Waals surface area contributed by atoms with Gasteiger partial charge < -0.3 is 5.32 Å². The Balaban J connectivity index is 3.30. The topological polar surface area (TPSA) is 58.6 Å². The smallest absolute Gasteiger partial charge is 0.326 e. The maximum Gasteiger partial charge on any atom is 0.416 e. The average molecular weight is 290 g/mol. The molecule has 0 aromatic heterocycles. The number of rotatable bonds is 3. The second-order valence-electron chi connectivity index (χ2n) is 3.96. The monoisotopic (exact) mass is 290 g/mol. The number of alkyl halides is 3. The number of halogens is 3. The Hall–Kier alpha value is -2.09. The number of hydroxylamine groups is 2. The van der Waals surface area contributed by atoms with Crippen molar-refractivity contribution < 1.29 is 27.6 Å². The molecule has 0 saturated heterocycles. The number of carbonyl (C=O) groups is 2. The lowest BCUT2D eigenvalue weighted by Crippen LogP contribution is -2.26. The molecule has 0 bridgehead atoms. The molecule has 1 rings (SSSR count). The second-order valence-corrected chi connectivity index (χ2v) is 3.96. The van der Waals surface area contributed by atoms with E-state index in [0.717, 1.165) is 24.1 Å². The molecule has 0 aliphatic heterocycles. The van der Waals surface area contributed by atoms with Crippen LogP contribution in [0.25, 0.3) is 0 Å². The standard InChI is InChI=1S/C12H13F3N2O3/c1-7(18)16-10-5-8(11(19)17(2)20-3)4-9(6-10)12(13,14)15/h4-6H,1-3H3,(H,16,18). The summed E-state index contributed by atoms with van der Waals surface area (Å²) in [6.07, 6.45) is -4.63. The molecule has 0 heterocycles. The molecular weight excluding hydrogens is 277 g/mol. The van der Waals surface area contributed by atoms with Gasteiger partial charge in [-0.05, 0) is 18.2 Å². The van der Waals surface area contributed by atoms with Gasteiger partial charge in [0.05, 0.1) is 12.7 Å². The van der Waals surface area contributed by atoms with E-state index in [1.807, 2.05) is 0 Å². The van der Waals surface area contributed by atoms with Gasteiger partial charge in [0.1, 0.15) is 0 Å². The number of hydrogen-bond acceptors (Lipinski definition) is 3. The van der Waals surface area contributed by atoms with Crippen LogP contribution in [0.5, 0.6) is 0 Å².